The van der Waals surface area contributed by atoms with Crippen LogP contribution in [0.2, 0.25) is 0 Å². The Hall–Kier alpha value is -2.42. The minimum Gasteiger partial charge on any atom is -0.338 e. The number of rotatable bonds is 1. The molecule has 0 unspecified atom stereocenters. The smallest absolute Gasteiger partial charge is 0.338 e. The van der Waals surface area contributed by atoms with Crippen LogP contribution >= 0.6 is 0 Å². The Labute approximate surface area is 135 Å². The highest BCUT2D eigenvalue weighted by molar-refractivity contribution is 5.92. The normalized spacial score (nSPS) is 16.2. The molecule has 1 aliphatic heterocycles. The largest absolute Gasteiger partial charge is 0.416 e. The molecule has 4 rings (SSSR count). The van der Waals surface area contributed by atoms with Crippen molar-refractivity contribution in [3.8, 4) is 0 Å². The Morgan fingerprint density at radius 1 is 1.12 bits per heavy atom. The minimum absolute atomic E-state index is 0.276. The van der Waals surface area contributed by atoms with Gasteiger partial charge in [-0.15, -0.1) is 5.10 Å². The highest BCUT2D eigenvalue weighted by Crippen LogP contribution is 2.32. The first-order valence-electron chi connectivity index (χ1n) is 7.63. The summed E-state index contributed by atoms with van der Waals surface area (Å²) in [6.07, 6.45) is -4.40. The summed E-state index contributed by atoms with van der Waals surface area (Å²) < 4.78 is 40.6. The number of benzene rings is 1. The fourth-order valence-electron chi connectivity index (χ4n) is 2.94. The van der Waals surface area contributed by atoms with E-state index in [1.807, 2.05) is 4.90 Å². The van der Waals surface area contributed by atoms with Gasteiger partial charge in [0.1, 0.15) is 5.82 Å². The van der Waals surface area contributed by atoms with Crippen LogP contribution in [0, 0.1) is 6.92 Å². The van der Waals surface area contributed by atoms with Gasteiger partial charge >= 0.3 is 6.18 Å². The molecular weight excluding hydrogens is 321 g/mol. The van der Waals surface area contributed by atoms with Crippen LogP contribution < -0.4 is 10.2 Å². The first-order valence-corrected chi connectivity index (χ1v) is 7.63. The molecule has 0 amide bonds. The van der Waals surface area contributed by atoms with Gasteiger partial charge in [0, 0.05) is 31.6 Å². The van der Waals surface area contributed by atoms with Crippen LogP contribution in [0.1, 0.15) is 11.4 Å². The van der Waals surface area contributed by atoms with E-state index in [1.54, 1.807) is 11.4 Å². The van der Waals surface area contributed by atoms with Gasteiger partial charge in [-0.3, -0.25) is 0 Å². The number of fused-ring (bicyclic) bond motifs is 3. The second-order valence-corrected chi connectivity index (χ2v) is 5.77. The molecule has 0 bridgehead atoms. The zero-order valence-electron chi connectivity index (χ0n) is 12.9. The highest BCUT2D eigenvalue weighted by atomic mass is 19.4. The van der Waals surface area contributed by atoms with Crippen molar-refractivity contribution in [1.29, 1.82) is 0 Å². The second kappa shape index (κ2) is 5.30. The fourth-order valence-corrected chi connectivity index (χ4v) is 2.94. The molecule has 1 saturated heterocycles. The Bertz CT molecular complexity index is 911. The maximum Gasteiger partial charge on any atom is 0.416 e. The first-order chi connectivity index (χ1) is 11.4. The average Bonchev–Trinajstić information content (AvgIpc) is 2.95. The van der Waals surface area contributed by atoms with Gasteiger partial charge in [-0.25, -0.2) is 9.97 Å². The lowest BCUT2D eigenvalue weighted by atomic mass is 10.1. The zero-order chi connectivity index (χ0) is 16.9. The van der Waals surface area contributed by atoms with Gasteiger partial charge in [0.15, 0.2) is 5.65 Å². The van der Waals surface area contributed by atoms with Crippen LogP contribution in [0.4, 0.5) is 19.1 Å². The molecule has 0 spiro atoms. The van der Waals surface area contributed by atoms with Gasteiger partial charge in [0.05, 0.1) is 11.1 Å². The molecule has 9 heteroatoms. The van der Waals surface area contributed by atoms with E-state index in [0.717, 1.165) is 25.2 Å². The lowest BCUT2D eigenvalue weighted by Gasteiger charge is -2.28. The Morgan fingerprint density at radius 3 is 2.58 bits per heavy atom. The van der Waals surface area contributed by atoms with Crippen LogP contribution in [0.25, 0.3) is 16.6 Å². The number of piperazine rings is 1. The summed E-state index contributed by atoms with van der Waals surface area (Å²) >= 11 is 0. The molecule has 0 aliphatic carbocycles. The Kier molecular flexibility index (Phi) is 3.34. The molecule has 1 aromatic carbocycles. The molecule has 1 aliphatic rings. The summed E-state index contributed by atoms with van der Waals surface area (Å²) in [4.78, 5) is 10.9. The van der Waals surface area contributed by atoms with E-state index in [1.165, 1.54) is 6.07 Å². The first kappa shape index (κ1) is 15.1. The summed E-state index contributed by atoms with van der Waals surface area (Å²) in [5.74, 6) is 1.08. The average molecular weight is 336 g/mol. The van der Waals surface area contributed by atoms with Gasteiger partial charge in [0.2, 0.25) is 5.95 Å². The molecular formula is C15H15F3N6. The van der Waals surface area contributed by atoms with Gasteiger partial charge in [-0.1, -0.05) is 0 Å². The predicted molar refractivity (Wildman–Crippen MR) is 83.1 cm³/mol. The number of anilines is 1. The summed E-state index contributed by atoms with van der Waals surface area (Å²) in [5, 5.41) is 8.17. The van der Waals surface area contributed by atoms with Crippen molar-refractivity contribution >= 4 is 22.5 Å². The van der Waals surface area contributed by atoms with Crippen molar-refractivity contribution in [3.05, 3.63) is 29.6 Å². The van der Waals surface area contributed by atoms with Crippen molar-refractivity contribution in [1.82, 2.24) is 24.9 Å². The number of nitrogens with one attached hydrogen (secondary N) is 1. The van der Waals surface area contributed by atoms with Crippen molar-refractivity contribution < 1.29 is 13.2 Å². The highest BCUT2D eigenvalue weighted by Gasteiger charge is 2.31. The number of nitrogens with zero attached hydrogens (tertiary/aromatic N) is 5. The minimum atomic E-state index is -4.40. The zero-order valence-corrected chi connectivity index (χ0v) is 12.9. The SMILES string of the molecule is Cc1nc2c3ccc(C(F)(F)F)cc3nc(N3CCNCC3)n2n1. The lowest BCUT2D eigenvalue weighted by molar-refractivity contribution is -0.137. The molecule has 1 N–H and O–H groups in total. The van der Waals surface area contributed by atoms with Crippen molar-refractivity contribution in [3.63, 3.8) is 0 Å². The summed E-state index contributed by atoms with van der Waals surface area (Å²) in [6, 6.07) is 3.54. The van der Waals surface area contributed by atoms with Crippen LogP contribution in [0.15, 0.2) is 18.2 Å². The van der Waals surface area contributed by atoms with E-state index in [0.29, 0.717) is 35.9 Å². The van der Waals surface area contributed by atoms with Gasteiger partial charge in [-0.2, -0.15) is 17.7 Å². The van der Waals surface area contributed by atoms with Crippen LogP contribution in [-0.2, 0) is 6.18 Å². The lowest BCUT2D eigenvalue weighted by Crippen LogP contribution is -2.44. The van der Waals surface area contributed by atoms with Crippen molar-refractivity contribution in [2.45, 2.75) is 13.1 Å². The number of aromatic nitrogens is 4. The second-order valence-electron chi connectivity index (χ2n) is 5.77. The van der Waals surface area contributed by atoms with Crippen LogP contribution in [0.5, 0.6) is 0 Å². The maximum absolute atomic E-state index is 13.0. The molecule has 126 valence electrons. The molecule has 0 radical (unpaired) electrons. The van der Waals surface area contributed by atoms with Crippen molar-refractivity contribution in [2.24, 2.45) is 0 Å². The molecule has 2 aromatic heterocycles. The van der Waals surface area contributed by atoms with Crippen molar-refractivity contribution in [2.75, 3.05) is 31.1 Å². The predicted octanol–water partition coefficient (Wildman–Crippen LogP) is 2.01. The number of aryl methyl sites for hydroxylation is 1. The summed E-state index contributed by atoms with van der Waals surface area (Å²) in [5.41, 5.74) is 0.0902. The molecule has 0 atom stereocenters. The van der Waals surface area contributed by atoms with E-state index >= 15 is 0 Å². The Balaban J connectivity index is 1.98. The molecule has 3 aromatic rings. The van der Waals surface area contributed by atoms with Gasteiger partial charge in [-0.05, 0) is 25.1 Å². The number of alkyl halides is 3. The fraction of sp³-hybridized carbons (Fsp3) is 0.400. The molecule has 1 fully saturated rings. The van der Waals surface area contributed by atoms with Gasteiger partial charge in [0.25, 0.3) is 0 Å². The van der Waals surface area contributed by atoms with Gasteiger partial charge < -0.3 is 10.2 Å². The van der Waals surface area contributed by atoms with Crippen LogP contribution in [0.3, 0.4) is 0 Å². The standard InChI is InChI=1S/C15H15F3N6/c1-9-20-13-11-3-2-10(15(16,17)18)8-12(11)21-14(24(13)22-9)23-6-4-19-5-7-23/h2-3,8,19H,4-7H2,1H3. The Morgan fingerprint density at radius 2 is 1.88 bits per heavy atom. The third kappa shape index (κ3) is 2.44. The van der Waals surface area contributed by atoms with Crippen LogP contribution in [-0.4, -0.2) is 45.8 Å². The molecule has 24 heavy (non-hydrogen) atoms. The molecule has 6 nitrogen and oxygen atoms in total. The number of hydrogen-bond donors (Lipinski definition) is 1. The monoisotopic (exact) mass is 336 g/mol. The number of halogens is 3. The topological polar surface area (TPSA) is 58.4 Å². The quantitative estimate of drug-likeness (QED) is 0.737. The van der Waals surface area contributed by atoms with E-state index in [2.05, 4.69) is 20.4 Å². The van der Waals surface area contributed by atoms with E-state index < -0.39 is 11.7 Å². The molecule has 0 saturated carbocycles. The third-order valence-corrected chi connectivity index (χ3v) is 4.09. The summed E-state index contributed by atoms with van der Waals surface area (Å²) in [7, 11) is 0. The van der Waals surface area contributed by atoms with E-state index in [4.69, 9.17) is 0 Å². The number of hydrogen-bond acceptors (Lipinski definition) is 5. The van der Waals surface area contributed by atoms with E-state index in [9.17, 15) is 13.2 Å². The maximum atomic E-state index is 13.0. The third-order valence-electron chi connectivity index (χ3n) is 4.09. The summed E-state index contributed by atoms with van der Waals surface area (Å²) in [6.45, 7) is 4.76. The molecule has 3 heterocycles. The van der Waals surface area contributed by atoms with E-state index in [-0.39, 0.29) is 5.52 Å².